The molecule has 0 bridgehead atoms. The van der Waals surface area contributed by atoms with Gasteiger partial charge in [-0.15, -0.1) is 0 Å². The lowest BCUT2D eigenvalue weighted by Crippen LogP contribution is -2.38. The largest absolute Gasteiger partial charge is 0.353 e. The molecule has 0 unspecified atom stereocenters. The predicted octanol–water partition coefficient (Wildman–Crippen LogP) is 4.14. The summed E-state index contributed by atoms with van der Waals surface area (Å²) in [5.74, 6) is -0.270. The van der Waals surface area contributed by atoms with Crippen LogP contribution in [0.5, 0.6) is 0 Å². The Morgan fingerprint density at radius 3 is 2.59 bits per heavy atom. The summed E-state index contributed by atoms with van der Waals surface area (Å²) in [7, 11) is 0. The van der Waals surface area contributed by atoms with Crippen molar-refractivity contribution in [3.8, 4) is 0 Å². The Hall–Kier alpha value is -2.47. The molecule has 1 fully saturated rings. The van der Waals surface area contributed by atoms with E-state index < -0.39 is 5.41 Å². The van der Waals surface area contributed by atoms with E-state index in [0.29, 0.717) is 6.54 Å². The summed E-state index contributed by atoms with van der Waals surface area (Å²) in [5.41, 5.74) is 3.54. The zero-order valence-corrected chi connectivity index (χ0v) is 16.2. The van der Waals surface area contributed by atoms with Gasteiger partial charge in [-0.05, 0) is 72.8 Å². The maximum absolute atomic E-state index is 13.2. The highest BCUT2D eigenvalue weighted by Crippen LogP contribution is 2.48. The van der Waals surface area contributed by atoms with E-state index in [1.165, 1.54) is 12.1 Å². The lowest BCUT2D eigenvalue weighted by molar-refractivity contribution is -0.123. The molecule has 2 aromatic heterocycles. The second-order valence-corrected chi connectivity index (χ2v) is 8.02. The third-order valence-corrected chi connectivity index (χ3v) is 6.01. The predicted molar refractivity (Wildman–Crippen MR) is 104 cm³/mol. The van der Waals surface area contributed by atoms with Gasteiger partial charge in [0.05, 0.1) is 17.2 Å². The van der Waals surface area contributed by atoms with Gasteiger partial charge in [-0.25, -0.2) is 4.39 Å². The lowest BCUT2D eigenvalue weighted by Gasteiger charge is -2.22. The summed E-state index contributed by atoms with van der Waals surface area (Å²) >= 11 is 1.64. The molecule has 1 aliphatic carbocycles. The minimum Gasteiger partial charge on any atom is -0.353 e. The van der Waals surface area contributed by atoms with Crippen LogP contribution in [0, 0.1) is 19.7 Å². The first-order valence-electron chi connectivity index (χ1n) is 9.09. The molecule has 1 saturated carbocycles. The van der Waals surface area contributed by atoms with Crippen LogP contribution in [0.15, 0.2) is 47.2 Å². The van der Waals surface area contributed by atoms with Crippen LogP contribution in [0.2, 0.25) is 0 Å². The third-order valence-electron chi connectivity index (χ3n) is 5.31. The Morgan fingerprint density at radius 2 is 2.04 bits per heavy atom. The van der Waals surface area contributed by atoms with E-state index in [-0.39, 0.29) is 17.8 Å². The standard InChI is InChI=1S/C21H22FN3OS/c1-14-11-15(2)25(24-14)19(16-7-10-27-13-16)12-23-20(26)21(8-9-21)17-3-5-18(22)6-4-17/h3-7,10-11,13,19H,8-9,12H2,1-2H3,(H,23,26)/t19-/m0/s1. The molecule has 1 aromatic carbocycles. The number of halogens is 1. The van der Waals surface area contributed by atoms with Gasteiger partial charge in [0.2, 0.25) is 5.91 Å². The molecular formula is C21H22FN3OS. The molecular weight excluding hydrogens is 361 g/mol. The summed E-state index contributed by atoms with van der Waals surface area (Å²) in [5, 5.41) is 11.9. The number of amides is 1. The third kappa shape index (κ3) is 3.41. The fourth-order valence-electron chi connectivity index (χ4n) is 3.67. The van der Waals surface area contributed by atoms with E-state index in [1.54, 1.807) is 23.5 Å². The number of benzene rings is 1. The van der Waals surface area contributed by atoms with Crippen LogP contribution in [0.1, 0.15) is 41.4 Å². The molecule has 4 rings (SSSR count). The maximum Gasteiger partial charge on any atom is 0.230 e. The second-order valence-electron chi connectivity index (χ2n) is 7.24. The molecule has 6 heteroatoms. The molecule has 1 N–H and O–H groups in total. The van der Waals surface area contributed by atoms with Crippen molar-refractivity contribution in [3.63, 3.8) is 0 Å². The van der Waals surface area contributed by atoms with Gasteiger partial charge in [-0.3, -0.25) is 9.48 Å². The van der Waals surface area contributed by atoms with Crippen molar-refractivity contribution in [1.29, 1.82) is 0 Å². The van der Waals surface area contributed by atoms with E-state index in [9.17, 15) is 9.18 Å². The van der Waals surface area contributed by atoms with Crippen LogP contribution < -0.4 is 5.32 Å². The van der Waals surface area contributed by atoms with Crippen molar-refractivity contribution < 1.29 is 9.18 Å². The first-order chi connectivity index (χ1) is 13.0. The van der Waals surface area contributed by atoms with E-state index in [4.69, 9.17) is 0 Å². The highest BCUT2D eigenvalue weighted by Gasteiger charge is 2.51. The molecule has 3 aromatic rings. The van der Waals surface area contributed by atoms with E-state index in [0.717, 1.165) is 35.4 Å². The van der Waals surface area contributed by atoms with E-state index >= 15 is 0 Å². The van der Waals surface area contributed by atoms with E-state index in [1.807, 2.05) is 30.0 Å². The average Bonchev–Trinajstić information content (AvgIpc) is 3.14. The monoisotopic (exact) mass is 383 g/mol. The van der Waals surface area contributed by atoms with Gasteiger partial charge in [-0.2, -0.15) is 16.4 Å². The number of aromatic nitrogens is 2. The fraction of sp³-hybridized carbons (Fsp3) is 0.333. The highest BCUT2D eigenvalue weighted by atomic mass is 32.1. The number of aryl methyl sites for hydroxylation is 2. The van der Waals surface area contributed by atoms with Gasteiger partial charge in [0, 0.05) is 12.2 Å². The SMILES string of the molecule is Cc1cc(C)n([C@@H](CNC(=O)C2(c3ccc(F)cc3)CC2)c2ccsc2)n1. The minimum absolute atomic E-state index is 0.0101. The normalized spacial score (nSPS) is 16.1. The summed E-state index contributed by atoms with van der Waals surface area (Å²) in [6.07, 6.45) is 1.60. The van der Waals surface area contributed by atoms with Crippen LogP contribution in [-0.2, 0) is 10.2 Å². The van der Waals surface area contributed by atoms with Crippen LogP contribution in [0.25, 0.3) is 0 Å². The topological polar surface area (TPSA) is 46.9 Å². The number of carbonyl (C=O) groups excluding carboxylic acids is 1. The Kier molecular flexibility index (Phi) is 4.60. The molecule has 1 atom stereocenters. The van der Waals surface area contributed by atoms with Gasteiger partial charge < -0.3 is 5.32 Å². The minimum atomic E-state index is -0.512. The zero-order valence-electron chi connectivity index (χ0n) is 15.4. The molecule has 4 nitrogen and oxygen atoms in total. The zero-order chi connectivity index (χ0) is 19.0. The molecule has 1 amide bonds. The van der Waals surface area contributed by atoms with Crippen LogP contribution in [0.3, 0.4) is 0 Å². The fourth-order valence-corrected chi connectivity index (χ4v) is 4.38. The summed E-state index contributed by atoms with van der Waals surface area (Å²) < 4.78 is 15.2. The van der Waals surface area contributed by atoms with Crippen molar-refractivity contribution in [2.24, 2.45) is 0 Å². The smallest absolute Gasteiger partial charge is 0.230 e. The number of rotatable bonds is 6. The molecule has 0 radical (unpaired) electrons. The molecule has 0 spiro atoms. The van der Waals surface area contributed by atoms with Gasteiger partial charge >= 0.3 is 0 Å². The Balaban J connectivity index is 1.54. The summed E-state index contributed by atoms with van der Waals surface area (Å²) in [6.45, 7) is 4.48. The molecule has 1 aliphatic rings. The van der Waals surface area contributed by atoms with Crippen molar-refractivity contribution >= 4 is 17.2 Å². The molecule has 0 aliphatic heterocycles. The number of hydrogen-bond acceptors (Lipinski definition) is 3. The number of nitrogens with one attached hydrogen (secondary N) is 1. The Labute approximate surface area is 162 Å². The first-order valence-corrected chi connectivity index (χ1v) is 10.0. The Bertz CT molecular complexity index is 942. The molecule has 27 heavy (non-hydrogen) atoms. The number of thiophene rings is 1. The van der Waals surface area contributed by atoms with Gasteiger partial charge in [0.25, 0.3) is 0 Å². The highest BCUT2D eigenvalue weighted by molar-refractivity contribution is 7.08. The summed E-state index contributed by atoms with van der Waals surface area (Å²) in [6, 6.07) is 10.4. The van der Waals surface area contributed by atoms with Crippen LogP contribution >= 0.6 is 11.3 Å². The van der Waals surface area contributed by atoms with Crippen LogP contribution in [-0.4, -0.2) is 22.2 Å². The second kappa shape index (κ2) is 6.93. The molecule has 140 valence electrons. The lowest BCUT2D eigenvalue weighted by atomic mass is 9.95. The van der Waals surface area contributed by atoms with Gasteiger partial charge in [-0.1, -0.05) is 12.1 Å². The Morgan fingerprint density at radius 1 is 1.30 bits per heavy atom. The number of nitrogens with zero attached hydrogens (tertiary/aromatic N) is 2. The molecule has 0 saturated heterocycles. The maximum atomic E-state index is 13.2. The van der Waals surface area contributed by atoms with E-state index in [2.05, 4.69) is 21.9 Å². The molecule has 2 heterocycles. The number of hydrogen-bond donors (Lipinski definition) is 1. The average molecular weight is 383 g/mol. The number of carbonyl (C=O) groups is 1. The van der Waals surface area contributed by atoms with Crippen molar-refractivity contribution in [3.05, 3.63) is 75.5 Å². The van der Waals surface area contributed by atoms with Gasteiger partial charge in [0.15, 0.2) is 0 Å². The van der Waals surface area contributed by atoms with Crippen molar-refractivity contribution in [1.82, 2.24) is 15.1 Å². The van der Waals surface area contributed by atoms with Crippen LogP contribution in [0.4, 0.5) is 4.39 Å². The summed E-state index contributed by atoms with van der Waals surface area (Å²) in [4.78, 5) is 13.0. The first kappa shape index (κ1) is 17.9. The van der Waals surface area contributed by atoms with Crippen molar-refractivity contribution in [2.45, 2.75) is 38.1 Å². The van der Waals surface area contributed by atoms with Crippen molar-refractivity contribution in [2.75, 3.05) is 6.54 Å². The van der Waals surface area contributed by atoms with Gasteiger partial charge in [0.1, 0.15) is 5.82 Å². The quantitative estimate of drug-likeness (QED) is 0.695.